The molecular weight excluding hydrogens is 352 g/mol. The summed E-state index contributed by atoms with van der Waals surface area (Å²) in [5.74, 6) is 0.0609. The van der Waals surface area contributed by atoms with E-state index >= 15 is 0 Å². The first-order chi connectivity index (χ1) is 12.3. The van der Waals surface area contributed by atoms with Gasteiger partial charge in [-0.05, 0) is 43.2 Å². The van der Waals surface area contributed by atoms with Gasteiger partial charge in [-0.15, -0.1) is 0 Å². The minimum Gasteiger partial charge on any atom is -0.495 e. The van der Waals surface area contributed by atoms with Crippen molar-refractivity contribution in [2.75, 3.05) is 23.0 Å². The number of anilines is 2. The van der Waals surface area contributed by atoms with Gasteiger partial charge in [0.05, 0.1) is 24.7 Å². The third kappa shape index (κ3) is 4.54. The number of carbonyl (C=O) groups is 1. The van der Waals surface area contributed by atoms with Crippen LogP contribution in [0.25, 0.3) is 0 Å². The molecule has 140 valence electrons. The molecule has 1 amide bonds. The molecule has 0 spiro atoms. The summed E-state index contributed by atoms with van der Waals surface area (Å²) in [7, 11) is -2.14. The normalized spacial score (nSPS) is 12.3. The third-order valence-electron chi connectivity index (χ3n) is 4.05. The lowest BCUT2D eigenvalue weighted by atomic mass is 10.1. The summed E-state index contributed by atoms with van der Waals surface area (Å²) in [4.78, 5) is 12.7. The Morgan fingerprint density at radius 2 is 1.77 bits per heavy atom. The molecular formula is C19H24N2O4S. The molecule has 2 rings (SSSR count). The van der Waals surface area contributed by atoms with Crippen molar-refractivity contribution < 1.29 is 17.9 Å². The number of aryl methyl sites for hydroxylation is 1. The lowest BCUT2D eigenvalue weighted by Gasteiger charge is -2.28. The summed E-state index contributed by atoms with van der Waals surface area (Å²) in [5.41, 5.74) is 2.03. The van der Waals surface area contributed by atoms with E-state index in [1.165, 1.54) is 7.11 Å². The number of benzene rings is 2. The summed E-state index contributed by atoms with van der Waals surface area (Å²) >= 11 is 0. The molecule has 0 unspecified atom stereocenters. The van der Waals surface area contributed by atoms with Crippen LogP contribution >= 0.6 is 0 Å². The number of ether oxygens (including phenoxy) is 1. The molecule has 0 radical (unpaired) electrons. The second kappa shape index (κ2) is 8.23. The molecule has 26 heavy (non-hydrogen) atoms. The molecule has 0 aliphatic carbocycles. The van der Waals surface area contributed by atoms with E-state index in [-0.39, 0.29) is 0 Å². The number of sulfonamides is 1. The maximum Gasteiger partial charge on any atom is 0.248 e. The SMILES string of the molecule is CCc1ccc(N([C@@H](C)C(=O)Nc2ccccc2OC)S(C)(=O)=O)cc1. The van der Waals surface area contributed by atoms with Crippen LogP contribution in [-0.4, -0.2) is 33.7 Å². The number of nitrogens with one attached hydrogen (secondary N) is 1. The van der Waals surface area contributed by atoms with Gasteiger partial charge in [0.15, 0.2) is 0 Å². The molecule has 7 heteroatoms. The largest absolute Gasteiger partial charge is 0.495 e. The van der Waals surface area contributed by atoms with Crippen molar-refractivity contribution in [2.45, 2.75) is 26.3 Å². The zero-order valence-corrected chi connectivity index (χ0v) is 16.2. The number of amides is 1. The van der Waals surface area contributed by atoms with E-state index in [4.69, 9.17) is 4.74 Å². The molecule has 0 heterocycles. The molecule has 1 N–H and O–H groups in total. The second-order valence-corrected chi connectivity index (χ2v) is 7.80. The van der Waals surface area contributed by atoms with Crippen molar-refractivity contribution in [3.05, 3.63) is 54.1 Å². The van der Waals surface area contributed by atoms with Gasteiger partial charge in [0.2, 0.25) is 15.9 Å². The Balaban J connectivity index is 2.31. The van der Waals surface area contributed by atoms with E-state index in [0.717, 1.165) is 22.5 Å². The monoisotopic (exact) mass is 376 g/mol. The predicted molar refractivity (Wildman–Crippen MR) is 104 cm³/mol. The molecule has 0 saturated carbocycles. The highest BCUT2D eigenvalue weighted by atomic mass is 32.2. The number of rotatable bonds is 7. The fourth-order valence-corrected chi connectivity index (χ4v) is 3.85. The van der Waals surface area contributed by atoms with Crippen molar-refractivity contribution in [3.63, 3.8) is 0 Å². The molecule has 1 atom stereocenters. The Bertz CT molecular complexity index is 863. The zero-order valence-electron chi connectivity index (χ0n) is 15.4. The Kier molecular flexibility index (Phi) is 6.26. The van der Waals surface area contributed by atoms with Gasteiger partial charge in [-0.1, -0.05) is 31.2 Å². The molecule has 0 fully saturated rings. The van der Waals surface area contributed by atoms with Crippen LogP contribution in [0, 0.1) is 0 Å². The van der Waals surface area contributed by atoms with E-state index in [1.54, 1.807) is 43.3 Å². The van der Waals surface area contributed by atoms with Crippen LogP contribution in [0.15, 0.2) is 48.5 Å². The lowest BCUT2D eigenvalue weighted by molar-refractivity contribution is -0.116. The number of methoxy groups -OCH3 is 1. The smallest absolute Gasteiger partial charge is 0.248 e. The van der Waals surface area contributed by atoms with Crippen molar-refractivity contribution in [1.29, 1.82) is 0 Å². The van der Waals surface area contributed by atoms with Gasteiger partial charge in [0, 0.05) is 0 Å². The van der Waals surface area contributed by atoms with Gasteiger partial charge in [0.25, 0.3) is 0 Å². The molecule has 0 saturated heterocycles. The highest BCUT2D eigenvalue weighted by Crippen LogP contribution is 2.25. The molecule has 6 nitrogen and oxygen atoms in total. The zero-order chi connectivity index (χ0) is 19.3. The van der Waals surface area contributed by atoms with E-state index in [0.29, 0.717) is 17.1 Å². The van der Waals surface area contributed by atoms with Gasteiger partial charge < -0.3 is 10.1 Å². The average molecular weight is 376 g/mol. The van der Waals surface area contributed by atoms with Crippen LogP contribution < -0.4 is 14.4 Å². The summed E-state index contributed by atoms with van der Waals surface area (Å²) in [6.45, 7) is 3.58. The van der Waals surface area contributed by atoms with Gasteiger partial charge >= 0.3 is 0 Å². The van der Waals surface area contributed by atoms with Crippen molar-refractivity contribution in [2.24, 2.45) is 0 Å². The predicted octanol–water partition coefficient (Wildman–Crippen LogP) is 3.05. The Hall–Kier alpha value is -2.54. The minimum absolute atomic E-state index is 0.445. The maximum absolute atomic E-state index is 12.7. The number of nitrogens with zero attached hydrogens (tertiary/aromatic N) is 1. The van der Waals surface area contributed by atoms with Gasteiger partial charge in [-0.3, -0.25) is 9.10 Å². The van der Waals surface area contributed by atoms with Crippen molar-refractivity contribution in [1.82, 2.24) is 0 Å². The standard InChI is InChI=1S/C19H24N2O4S/c1-5-15-10-12-16(13-11-15)21(26(4,23)24)14(2)19(22)20-17-8-6-7-9-18(17)25-3/h6-14H,5H2,1-4H3,(H,20,22)/t14-/m0/s1. The van der Waals surface area contributed by atoms with Crippen LogP contribution in [0.1, 0.15) is 19.4 Å². The Morgan fingerprint density at radius 1 is 1.15 bits per heavy atom. The quantitative estimate of drug-likeness (QED) is 0.806. The van der Waals surface area contributed by atoms with Crippen LogP contribution in [0.5, 0.6) is 5.75 Å². The fourth-order valence-electron chi connectivity index (χ4n) is 2.67. The highest BCUT2D eigenvalue weighted by molar-refractivity contribution is 7.92. The molecule has 0 aliphatic heterocycles. The van der Waals surface area contributed by atoms with Gasteiger partial charge in [0.1, 0.15) is 11.8 Å². The van der Waals surface area contributed by atoms with Crippen molar-refractivity contribution in [3.8, 4) is 5.75 Å². The van der Waals surface area contributed by atoms with E-state index < -0.39 is 22.0 Å². The lowest BCUT2D eigenvalue weighted by Crippen LogP contribution is -2.45. The average Bonchev–Trinajstić information content (AvgIpc) is 2.61. The first-order valence-corrected chi connectivity index (χ1v) is 10.1. The van der Waals surface area contributed by atoms with E-state index in [1.807, 2.05) is 19.1 Å². The van der Waals surface area contributed by atoms with Gasteiger partial charge in [-0.25, -0.2) is 8.42 Å². The highest BCUT2D eigenvalue weighted by Gasteiger charge is 2.29. The van der Waals surface area contributed by atoms with Crippen LogP contribution in [0.3, 0.4) is 0 Å². The topological polar surface area (TPSA) is 75.7 Å². The first kappa shape index (κ1) is 19.8. The second-order valence-electron chi connectivity index (χ2n) is 5.94. The van der Waals surface area contributed by atoms with Crippen LogP contribution in [0.2, 0.25) is 0 Å². The van der Waals surface area contributed by atoms with Crippen LogP contribution in [-0.2, 0) is 21.2 Å². The molecule has 0 aliphatic rings. The Labute approximate surface area is 154 Å². The number of hydrogen-bond acceptors (Lipinski definition) is 4. The van der Waals surface area contributed by atoms with E-state index in [2.05, 4.69) is 5.32 Å². The molecule has 2 aromatic rings. The van der Waals surface area contributed by atoms with Crippen molar-refractivity contribution >= 4 is 27.3 Å². The summed E-state index contributed by atoms with van der Waals surface area (Å²) in [6.07, 6.45) is 1.94. The minimum atomic E-state index is -3.65. The number of hydrogen-bond donors (Lipinski definition) is 1. The molecule has 0 bridgehead atoms. The summed E-state index contributed by atoms with van der Waals surface area (Å²) < 4.78 is 31.0. The fraction of sp³-hybridized carbons (Fsp3) is 0.316. The molecule has 0 aromatic heterocycles. The summed E-state index contributed by atoms with van der Waals surface area (Å²) in [6, 6.07) is 13.2. The maximum atomic E-state index is 12.7. The molecule has 2 aromatic carbocycles. The Morgan fingerprint density at radius 3 is 2.31 bits per heavy atom. The first-order valence-electron chi connectivity index (χ1n) is 8.30. The van der Waals surface area contributed by atoms with Gasteiger partial charge in [-0.2, -0.15) is 0 Å². The summed E-state index contributed by atoms with van der Waals surface area (Å²) in [5, 5.41) is 2.74. The number of para-hydroxylation sites is 2. The third-order valence-corrected chi connectivity index (χ3v) is 5.29. The van der Waals surface area contributed by atoms with Crippen LogP contribution in [0.4, 0.5) is 11.4 Å². The van der Waals surface area contributed by atoms with E-state index in [9.17, 15) is 13.2 Å². The number of carbonyl (C=O) groups excluding carboxylic acids is 1.